The Labute approximate surface area is 234 Å². The summed E-state index contributed by atoms with van der Waals surface area (Å²) < 4.78 is 21.8. The Morgan fingerprint density at radius 2 is 1.69 bits per heavy atom. The zero-order chi connectivity index (χ0) is 27.2. The van der Waals surface area contributed by atoms with Crippen molar-refractivity contribution in [1.29, 1.82) is 0 Å². The molecule has 1 amide bonds. The van der Waals surface area contributed by atoms with Gasteiger partial charge in [0, 0.05) is 16.9 Å². The maximum atomic E-state index is 13.1. The average Bonchev–Trinajstić information content (AvgIpc) is 3.35. The van der Waals surface area contributed by atoms with E-state index in [0.717, 1.165) is 38.2 Å². The van der Waals surface area contributed by atoms with E-state index in [1.165, 1.54) is 12.1 Å². The highest BCUT2D eigenvalue weighted by atomic mass is 79.9. The van der Waals surface area contributed by atoms with Crippen LogP contribution in [0.25, 0.3) is 16.9 Å². The molecule has 0 atom stereocenters. The summed E-state index contributed by atoms with van der Waals surface area (Å²) in [6.07, 6.45) is 1.57. The van der Waals surface area contributed by atoms with Crippen LogP contribution in [0, 0.1) is 12.7 Å². The molecule has 0 saturated carbocycles. The lowest BCUT2D eigenvalue weighted by molar-refractivity contribution is 0.0955. The first kappa shape index (κ1) is 26.1. The van der Waals surface area contributed by atoms with Gasteiger partial charge in [0.1, 0.15) is 18.2 Å². The van der Waals surface area contributed by atoms with Gasteiger partial charge < -0.3 is 9.30 Å². The number of nitrogens with zero attached hydrogens (tertiary/aromatic N) is 2. The molecule has 0 aliphatic carbocycles. The lowest BCUT2D eigenvalue weighted by atomic mass is 10.1. The molecule has 0 saturated heterocycles. The predicted octanol–water partition coefficient (Wildman–Crippen LogP) is 7.70. The Kier molecular flexibility index (Phi) is 7.99. The van der Waals surface area contributed by atoms with Crippen LogP contribution >= 0.6 is 15.9 Å². The summed E-state index contributed by atoms with van der Waals surface area (Å²) >= 11 is 3.50. The molecule has 0 fully saturated rings. The molecule has 0 bridgehead atoms. The fourth-order valence-electron chi connectivity index (χ4n) is 4.16. The zero-order valence-corrected chi connectivity index (χ0v) is 22.7. The van der Waals surface area contributed by atoms with Crippen molar-refractivity contribution in [3.05, 3.63) is 142 Å². The van der Waals surface area contributed by atoms with E-state index in [2.05, 4.69) is 62.2 Å². The summed E-state index contributed by atoms with van der Waals surface area (Å²) in [5, 5.41) is 4.10. The molecule has 5 aromatic rings. The number of aryl methyl sites for hydroxylation is 1. The van der Waals surface area contributed by atoms with Crippen molar-refractivity contribution in [3.63, 3.8) is 0 Å². The van der Waals surface area contributed by atoms with Gasteiger partial charge in [0.15, 0.2) is 0 Å². The van der Waals surface area contributed by atoms with Crippen molar-refractivity contribution in [2.75, 3.05) is 0 Å². The van der Waals surface area contributed by atoms with Gasteiger partial charge in [0.2, 0.25) is 0 Å². The van der Waals surface area contributed by atoms with Gasteiger partial charge in [-0.3, -0.25) is 4.79 Å². The summed E-state index contributed by atoms with van der Waals surface area (Å²) in [5.41, 5.74) is 9.03. The molecule has 0 spiro atoms. The zero-order valence-electron chi connectivity index (χ0n) is 21.1. The van der Waals surface area contributed by atoms with Crippen LogP contribution in [0.3, 0.4) is 0 Å². The van der Waals surface area contributed by atoms with Crippen molar-refractivity contribution in [1.82, 2.24) is 9.99 Å². The molecule has 0 aliphatic heterocycles. The van der Waals surface area contributed by atoms with Gasteiger partial charge in [-0.1, -0.05) is 42.5 Å². The number of carbonyl (C=O) groups is 1. The molecule has 0 radical (unpaired) electrons. The summed E-state index contributed by atoms with van der Waals surface area (Å²) in [7, 11) is 0. The van der Waals surface area contributed by atoms with E-state index in [4.69, 9.17) is 4.74 Å². The Hall–Kier alpha value is -4.49. The van der Waals surface area contributed by atoms with Gasteiger partial charge in [-0.05, 0) is 106 Å². The second-order valence-electron chi connectivity index (χ2n) is 8.91. The fraction of sp³-hybridized carbons (Fsp3) is 0.0625. The van der Waals surface area contributed by atoms with Crippen LogP contribution in [0.5, 0.6) is 5.75 Å². The maximum Gasteiger partial charge on any atom is 0.271 e. The van der Waals surface area contributed by atoms with Gasteiger partial charge in [-0.2, -0.15) is 5.10 Å². The lowest BCUT2D eigenvalue weighted by Crippen LogP contribution is -2.17. The molecule has 0 aliphatic rings. The predicted molar refractivity (Wildman–Crippen MR) is 156 cm³/mol. The molecule has 39 heavy (non-hydrogen) atoms. The van der Waals surface area contributed by atoms with Crippen molar-refractivity contribution < 1.29 is 13.9 Å². The summed E-state index contributed by atoms with van der Waals surface area (Å²) in [6.45, 7) is 2.38. The average molecular weight is 582 g/mol. The van der Waals surface area contributed by atoms with Crippen LogP contribution in [0.4, 0.5) is 4.39 Å². The van der Waals surface area contributed by atoms with E-state index >= 15 is 0 Å². The molecule has 0 unspecified atom stereocenters. The molecular weight excluding hydrogens is 557 g/mol. The van der Waals surface area contributed by atoms with Crippen molar-refractivity contribution in [2.45, 2.75) is 13.5 Å². The minimum absolute atomic E-state index is 0.280. The monoisotopic (exact) mass is 581 g/mol. The van der Waals surface area contributed by atoms with E-state index in [-0.39, 0.29) is 11.7 Å². The van der Waals surface area contributed by atoms with Gasteiger partial charge in [0.25, 0.3) is 5.91 Å². The normalized spacial score (nSPS) is 11.1. The van der Waals surface area contributed by atoms with Crippen LogP contribution in [-0.2, 0) is 6.61 Å². The lowest BCUT2D eigenvalue weighted by Gasteiger charge is -2.12. The SMILES string of the molecule is Cc1ccc(-c2ccccc2)n1-c1ccc(C(=O)N/N=C/c2ccc(OCc3ccc(F)cc3)c(Br)c2)cc1. The number of halogens is 2. The molecule has 5 nitrogen and oxygen atoms in total. The molecule has 194 valence electrons. The number of aromatic nitrogens is 1. The second kappa shape index (κ2) is 11.9. The number of rotatable bonds is 8. The molecule has 5 rings (SSSR count). The number of hydrogen-bond donors (Lipinski definition) is 1. The third-order valence-corrected chi connectivity index (χ3v) is 6.80. The summed E-state index contributed by atoms with van der Waals surface area (Å²) in [6, 6.07) is 33.5. The quantitative estimate of drug-likeness (QED) is 0.151. The Morgan fingerprint density at radius 1 is 0.949 bits per heavy atom. The Bertz CT molecular complexity index is 1610. The minimum Gasteiger partial charge on any atom is -0.488 e. The van der Waals surface area contributed by atoms with Crippen LogP contribution in [-0.4, -0.2) is 16.7 Å². The highest BCUT2D eigenvalue weighted by Gasteiger charge is 2.11. The largest absolute Gasteiger partial charge is 0.488 e. The number of hydrazone groups is 1. The topological polar surface area (TPSA) is 55.6 Å². The van der Waals surface area contributed by atoms with Gasteiger partial charge in [-0.15, -0.1) is 0 Å². The Balaban J connectivity index is 1.20. The standard InChI is InChI=1S/C32H25BrFN3O2/c1-22-7-17-30(25-5-3-2-4-6-25)37(22)28-15-11-26(12-16-28)32(38)36-35-20-24-10-18-31(29(33)19-24)39-21-23-8-13-27(34)14-9-23/h2-20H,21H2,1H3,(H,36,38)/b35-20+. The first-order valence-corrected chi connectivity index (χ1v) is 13.1. The molecular formula is C32H25BrFN3O2. The van der Waals surface area contributed by atoms with E-state index in [1.807, 2.05) is 48.5 Å². The number of carbonyl (C=O) groups excluding carboxylic acids is 1. The number of hydrogen-bond acceptors (Lipinski definition) is 3. The molecule has 1 N–H and O–H groups in total. The number of ether oxygens (including phenoxy) is 1. The molecule has 1 heterocycles. The Morgan fingerprint density at radius 3 is 2.41 bits per heavy atom. The van der Waals surface area contributed by atoms with Crippen LogP contribution in [0.1, 0.15) is 27.2 Å². The van der Waals surface area contributed by atoms with Crippen molar-refractivity contribution in [3.8, 4) is 22.7 Å². The fourth-order valence-corrected chi connectivity index (χ4v) is 4.67. The highest BCUT2D eigenvalue weighted by Crippen LogP contribution is 2.27. The number of amides is 1. The molecule has 4 aromatic carbocycles. The number of nitrogens with one attached hydrogen (secondary N) is 1. The highest BCUT2D eigenvalue weighted by molar-refractivity contribution is 9.10. The first-order valence-electron chi connectivity index (χ1n) is 12.3. The smallest absolute Gasteiger partial charge is 0.271 e. The number of benzene rings is 4. The van der Waals surface area contributed by atoms with Crippen LogP contribution in [0.15, 0.2) is 119 Å². The third kappa shape index (κ3) is 6.33. The molecule has 1 aromatic heterocycles. The van der Waals surface area contributed by atoms with Gasteiger partial charge in [-0.25, -0.2) is 9.82 Å². The van der Waals surface area contributed by atoms with E-state index < -0.39 is 0 Å². The minimum atomic E-state index is -0.302. The van der Waals surface area contributed by atoms with Crippen LogP contribution in [0.2, 0.25) is 0 Å². The summed E-state index contributed by atoms with van der Waals surface area (Å²) in [5.74, 6) is 0.0645. The van der Waals surface area contributed by atoms with Crippen molar-refractivity contribution >= 4 is 28.1 Å². The van der Waals surface area contributed by atoms with E-state index in [0.29, 0.717) is 17.9 Å². The maximum absolute atomic E-state index is 13.1. The van der Waals surface area contributed by atoms with Gasteiger partial charge >= 0.3 is 0 Å². The van der Waals surface area contributed by atoms with Gasteiger partial charge in [0.05, 0.1) is 16.4 Å². The first-order chi connectivity index (χ1) is 19.0. The summed E-state index contributed by atoms with van der Waals surface area (Å²) in [4.78, 5) is 12.7. The van der Waals surface area contributed by atoms with Crippen molar-refractivity contribution in [2.24, 2.45) is 5.10 Å². The van der Waals surface area contributed by atoms with E-state index in [1.54, 1.807) is 30.5 Å². The molecule has 7 heteroatoms. The van der Waals surface area contributed by atoms with E-state index in [9.17, 15) is 9.18 Å². The second-order valence-corrected chi connectivity index (χ2v) is 9.77. The van der Waals surface area contributed by atoms with Crippen LogP contribution < -0.4 is 10.2 Å². The third-order valence-electron chi connectivity index (χ3n) is 6.18.